The summed E-state index contributed by atoms with van der Waals surface area (Å²) in [5, 5.41) is 0. The topological polar surface area (TPSA) is 88.1 Å². The zero-order chi connectivity index (χ0) is 23.9. The lowest BCUT2D eigenvalue weighted by atomic mass is 10.1. The van der Waals surface area contributed by atoms with Gasteiger partial charge >= 0.3 is 24.3 Å². The number of ketones is 1. The summed E-state index contributed by atoms with van der Waals surface area (Å²) in [5.74, 6) is -5.95. The van der Waals surface area contributed by atoms with Crippen LogP contribution in [0.3, 0.4) is 0 Å². The van der Waals surface area contributed by atoms with Gasteiger partial charge < -0.3 is 18.9 Å². The Morgan fingerprint density at radius 1 is 0.839 bits per heavy atom. The van der Waals surface area contributed by atoms with Crippen LogP contribution in [0.5, 0.6) is 0 Å². The number of ether oxygens (including phenoxy) is 4. The standard InChI is InChI=1S/C18H20F6O7/c1-28-16(29-2)9-7-13(18(22,23)24)31-14(26)6-4-11(25)3-5-12(17(19,20)21)30-15(27)8-10-16/h4,6,8,10,12-13H,3,5,7,9H2,1-2H3/b6-4+,10-8+/t12-,13-/m0/s1. The van der Waals surface area contributed by atoms with E-state index in [-0.39, 0.29) is 0 Å². The first-order valence-corrected chi connectivity index (χ1v) is 8.77. The minimum Gasteiger partial charge on any atom is -0.450 e. The van der Waals surface area contributed by atoms with Gasteiger partial charge in [-0.2, -0.15) is 26.3 Å². The quantitative estimate of drug-likeness (QED) is 0.354. The van der Waals surface area contributed by atoms with E-state index in [1.165, 1.54) is 0 Å². The van der Waals surface area contributed by atoms with Crippen molar-refractivity contribution < 1.29 is 59.7 Å². The highest BCUT2D eigenvalue weighted by molar-refractivity contribution is 5.95. The van der Waals surface area contributed by atoms with Crippen molar-refractivity contribution in [1.29, 1.82) is 0 Å². The molecule has 0 saturated carbocycles. The molecule has 0 amide bonds. The summed E-state index contributed by atoms with van der Waals surface area (Å²) in [7, 11) is 2.05. The van der Waals surface area contributed by atoms with Crippen molar-refractivity contribution in [3.63, 3.8) is 0 Å². The molecule has 0 saturated heterocycles. The van der Waals surface area contributed by atoms with Crippen molar-refractivity contribution in [2.45, 2.75) is 56.0 Å². The molecule has 0 aromatic heterocycles. The molecule has 176 valence electrons. The number of esters is 2. The molecule has 0 unspecified atom stereocenters. The van der Waals surface area contributed by atoms with Gasteiger partial charge in [0.25, 0.3) is 0 Å². The predicted octanol–water partition coefficient (Wildman–Crippen LogP) is 3.18. The Kier molecular flexibility index (Phi) is 9.24. The number of methoxy groups -OCH3 is 2. The number of carbonyl (C=O) groups excluding carboxylic acids is 3. The van der Waals surface area contributed by atoms with Crippen molar-refractivity contribution in [3.8, 4) is 0 Å². The minimum absolute atomic E-state index is 0.376. The average molecular weight is 462 g/mol. The van der Waals surface area contributed by atoms with Gasteiger partial charge in [-0.1, -0.05) is 0 Å². The van der Waals surface area contributed by atoms with E-state index in [1.807, 2.05) is 0 Å². The maximum absolute atomic E-state index is 13.2. The zero-order valence-corrected chi connectivity index (χ0v) is 16.4. The molecule has 0 bridgehead atoms. The van der Waals surface area contributed by atoms with Crippen LogP contribution in [0.4, 0.5) is 26.3 Å². The van der Waals surface area contributed by atoms with E-state index in [9.17, 15) is 40.7 Å². The fourth-order valence-corrected chi connectivity index (χ4v) is 2.49. The molecule has 0 radical (unpaired) electrons. The van der Waals surface area contributed by atoms with Gasteiger partial charge in [-0.05, 0) is 18.6 Å². The first-order valence-electron chi connectivity index (χ1n) is 8.77. The van der Waals surface area contributed by atoms with E-state index in [4.69, 9.17) is 9.47 Å². The largest absolute Gasteiger partial charge is 0.450 e. The van der Waals surface area contributed by atoms with Gasteiger partial charge in [0.15, 0.2) is 23.8 Å². The number of halogens is 6. The average Bonchev–Trinajstić information content (AvgIpc) is 2.66. The molecule has 0 N–H and O–H groups in total. The zero-order valence-electron chi connectivity index (χ0n) is 16.4. The van der Waals surface area contributed by atoms with Gasteiger partial charge in [0, 0.05) is 45.6 Å². The molecule has 31 heavy (non-hydrogen) atoms. The third kappa shape index (κ3) is 8.69. The van der Waals surface area contributed by atoms with Crippen molar-refractivity contribution in [1.82, 2.24) is 0 Å². The highest BCUT2D eigenvalue weighted by Gasteiger charge is 2.45. The lowest BCUT2D eigenvalue weighted by Gasteiger charge is -2.30. The fraction of sp³-hybridized carbons (Fsp3) is 0.611. The summed E-state index contributed by atoms with van der Waals surface area (Å²) in [6, 6.07) is 0. The van der Waals surface area contributed by atoms with Crippen LogP contribution in [0.2, 0.25) is 0 Å². The van der Waals surface area contributed by atoms with Gasteiger partial charge in [0.05, 0.1) is 0 Å². The number of hydrogen-bond donors (Lipinski definition) is 0. The Balaban J connectivity index is 3.27. The van der Waals surface area contributed by atoms with E-state index in [2.05, 4.69) is 9.47 Å². The van der Waals surface area contributed by atoms with Crippen LogP contribution in [-0.2, 0) is 33.3 Å². The van der Waals surface area contributed by atoms with Crippen LogP contribution in [0.15, 0.2) is 24.3 Å². The van der Waals surface area contributed by atoms with E-state index in [1.54, 1.807) is 0 Å². The van der Waals surface area contributed by atoms with Gasteiger partial charge in [-0.15, -0.1) is 0 Å². The van der Waals surface area contributed by atoms with Crippen molar-refractivity contribution >= 4 is 17.7 Å². The number of alkyl halides is 6. The minimum atomic E-state index is -4.99. The number of allylic oxidation sites excluding steroid dienone is 1. The third-order valence-corrected chi connectivity index (χ3v) is 4.22. The molecule has 1 heterocycles. The van der Waals surface area contributed by atoms with Crippen LogP contribution in [0.25, 0.3) is 0 Å². The van der Waals surface area contributed by atoms with Crippen LogP contribution >= 0.6 is 0 Å². The monoisotopic (exact) mass is 462 g/mol. The van der Waals surface area contributed by atoms with E-state index in [0.717, 1.165) is 20.3 Å². The van der Waals surface area contributed by atoms with Crippen LogP contribution < -0.4 is 0 Å². The van der Waals surface area contributed by atoms with Gasteiger partial charge in [0.2, 0.25) is 0 Å². The molecular formula is C18H20F6O7. The molecule has 0 spiro atoms. The Bertz CT molecular complexity index is 707. The number of cyclic esters (lactones) is 2. The van der Waals surface area contributed by atoms with Crippen LogP contribution in [0.1, 0.15) is 25.7 Å². The summed E-state index contributed by atoms with van der Waals surface area (Å²) in [6.45, 7) is 0. The summed E-state index contributed by atoms with van der Waals surface area (Å²) >= 11 is 0. The molecule has 0 aromatic carbocycles. The number of rotatable bonds is 2. The van der Waals surface area contributed by atoms with Gasteiger partial charge in [-0.25, -0.2) is 9.59 Å². The molecule has 1 aliphatic heterocycles. The first-order chi connectivity index (χ1) is 14.2. The van der Waals surface area contributed by atoms with Gasteiger partial charge in [0.1, 0.15) is 0 Å². The van der Waals surface area contributed by atoms with Crippen LogP contribution in [0, 0.1) is 0 Å². The highest BCUT2D eigenvalue weighted by atomic mass is 19.4. The second-order valence-corrected chi connectivity index (χ2v) is 6.36. The first kappa shape index (κ1) is 26.6. The Hall–Kier alpha value is -2.41. The van der Waals surface area contributed by atoms with Crippen molar-refractivity contribution in [2.75, 3.05) is 14.2 Å². The SMILES string of the molecule is COC1(OC)/C=C/C(=O)O[C@H](C(F)(F)F)CCC(=O)/C=C/C(=O)O[C@H](C(F)(F)F)CC1. The molecule has 2 atom stereocenters. The summed E-state index contributed by atoms with van der Waals surface area (Å²) < 4.78 is 97.5. The summed E-state index contributed by atoms with van der Waals surface area (Å²) in [4.78, 5) is 35.1. The highest BCUT2D eigenvalue weighted by Crippen LogP contribution is 2.31. The molecule has 1 rings (SSSR count). The Labute approximate surface area is 172 Å². The molecule has 0 aliphatic carbocycles. The lowest BCUT2D eigenvalue weighted by molar-refractivity contribution is -0.230. The molecule has 0 aromatic rings. The van der Waals surface area contributed by atoms with Crippen molar-refractivity contribution in [3.05, 3.63) is 24.3 Å². The number of carbonyl (C=O) groups is 3. The van der Waals surface area contributed by atoms with Crippen molar-refractivity contribution in [2.24, 2.45) is 0 Å². The fourth-order valence-electron chi connectivity index (χ4n) is 2.49. The normalized spacial score (nSPS) is 26.6. The van der Waals surface area contributed by atoms with E-state index < -0.39 is 73.8 Å². The third-order valence-electron chi connectivity index (χ3n) is 4.22. The number of hydrogen-bond acceptors (Lipinski definition) is 7. The van der Waals surface area contributed by atoms with Gasteiger partial charge in [-0.3, -0.25) is 4.79 Å². The molecule has 1 aliphatic rings. The Morgan fingerprint density at radius 3 is 1.81 bits per heavy atom. The van der Waals surface area contributed by atoms with E-state index in [0.29, 0.717) is 18.2 Å². The summed E-state index contributed by atoms with van der Waals surface area (Å²) in [5.41, 5.74) is 0. The maximum Gasteiger partial charge on any atom is 0.425 e. The lowest BCUT2D eigenvalue weighted by Crippen LogP contribution is -2.38. The predicted molar refractivity (Wildman–Crippen MR) is 90.4 cm³/mol. The molecular weight excluding hydrogens is 442 g/mol. The smallest absolute Gasteiger partial charge is 0.425 e. The van der Waals surface area contributed by atoms with E-state index >= 15 is 0 Å². The Morgan fingerprint density at radius 2 is 1.32 bits per heavy atom. The molecule has 7 nitrogen and oxygen atoms in total. The second-order valence-electron chi connectivity index (χ2n) is 6.36. The maximum atomic E-state index is 13.2. The summed E-state index contributed by atoms with van der Waals surface area (Å²) in [6.07, 6.45) is -16.3. The van der Waals surface area contributed by atoms with Crippen LogP contribution in [-0.4, -0.2) is 62.3 Å². The molecule has 13 heteroatoms. The molecule has 0 fully saturated rings. The second kappa shape index (κ2) is 10.8.